The second-order valence-corrected chi connectivity index (χ2v) is 7.86. The van der Waals surface area contributed by atoms with Gasteiger partial charge in [-0.15, -0.1) is 18.6 Å². The summed E-state index contributed by atoms with van der Waals surface area (Å²) in [5.41, 5.74) is 8.52. The number of benzene rings is 2. The molecule has 2 aliphatic rings. The summed E-state index contributed by atoms with van der Waals surface area (Å²) in [6, 6.07) is 13.0. The number of allylic oxidation sites excluding steroid dienone is 6. The second kappa shape index (κ2) is 7.80. The molecule has 0 aliphatic heterocycles. The number of rotatable bonds is 0. The van der Waals surface area contributed by atoms with E-state index in [9.17, 15) is 0 Å². The summed E-state index contributed by atoms with van der Waals surface area (Å²) >= 11 is 0. The molecule has 0 aromatic heterocycles. The van der Waals surface area contributed by atoms with Gasteiger partial charge in [-0.25, -0.2) is 11.1 Å². The maximum atomic E-state index is 3.49. The monoisotopic (exact) mass is 508 g/mol. The van der Waals surface area contributed by atoms with E-state index in [4.69, 9.17) is 0 Å². The zero-order chi connectivity index (χ0) is 18.4. The molecule has 0 saturated carbocycles. The molecule has 134 valence electrons. The van der Waals surface area contributed by atoms with Crippen molar-refractivity contribution in [1.82, 2.24) is 0 Å². The number of hydrogen-bond acceptors (Lipinski definition) is 0. The molecule has 4 rings (SSSR count). The minimum atomic E-state index is 0. The molecule has 1 atom stereocenters. The van der Waals surface area contributed by atoms with E-state index in [1.807, 2.05) is 0 Å². The fourth-order valence-electron chi connectivity index (χ4n) is 3.97. The van der Waals surface area contributed by atoms with Crippen LogP contribution in [0, 0.1) is 17.6 Å². The third-order valence-corrected chi connectivity index (χ3v) is 5.80. The maximum absolute atomic E-state index is 3.49. The second-order valence-electron chi connectivity index (χ2n) is 7.86. The van der Waals surface area contributed by atoms with Crippen LogP contribution >= 0.6 is 0 Å². The summed E-state index contributed by atoms with van der Waals surface area (Å²) in [5, 5.41) is 2.71. The molecule has 0 heterocycles. The average Bonchev–Trinajstić information content (AvgIpc) is 2.96. The maximum Gasteiger partial charge on any atom is 0 e. The first-order valence-electron chi connectivity index (χ1n) is 9.14. The SMILES string of the molecule is CC1=[C-]C(C)(C)C(C)=C1C.CC1=[C-]C(C)c2c1ccc1ccccc21.[Hf]. The van der Waals surface area contributed by atoms with Crippen molar-refractivity contribution in [3.63, 3.8) is 0 Å². The first-order valence-corrected chi connectivity index (χ1v) is 9.14. The quantitative estimate of drug-likeness (QED) is 0.260. The molecule has 0 amide bonds. The fourth-order valence-corrected chi connectivity index (χ4v) is 3.97. The van der Waals surface area contributed by atoms with Crippen LogP contribution in [0.2, 0.25) is 0 Å². The molecular formula is C25H28Hf-2. The Bertz CT molecular complexity index is 922. The molecule has 0 N–H and O–H groups in total. The van der Waals surface area contributed by atoms with E-state index in [2.05, 4.69) is 97.0 Å². The Morgan fingerprint density at radius 2 is 1.54 bits per heavy atom. The molecule has 2 aromatic rings. The number of fused-ring (bicyclic) bond motifs is 3. The van der Waals surface area contributed by atoms with Gasteiger partial charge in [-0.2, -0.15) is 16.7 Å². The van der Waals surface area contributed by atoms with Crippen LogP contribution in [0.4, 0.5) is 0 Å². The van der Waals surface area contributed by atoms with Crippen molar-refractivity contribution in [2.75, 3.05) is 0 Å². The summed E-state index contributed by atoms with van der Waals surface area (Å²) in [7, 11) is 0. The van der Waals surface area contributed by atoms with Crippen molar-refractivity contribution in [2.45, 2.75) is 54.4 Å². The van der Waals surface area contributed by atoms with Crippen LogP contribution in [0.1, 0.15) is 65.5 Å². The minimum Gasteiger partial charge on any atom is -0.266 e. The van der Waals surface area contributed by atoms with E-state index in [1.165, 1.54) is 44.2 Å². The third-order valence-electron chi connectivity index (χ3n) is 5.80. The Balaban J connectivity index is 0.000000195. The van der Waals surface area contributed by atoms with Gasteiger partial charge in [0, 0.05) is 25.8 Å². The van der Waals surface area contributed by atoms with Crippen molar-refractivity contribution in [1.29, 1.82) is 0 Å². The van der Waals surface area contributed by atoms with Gasteiger partial charge in [0.25, 0.3) is 0 Å². The predicted molar refractivity (Wildman–Crippen MR) is 109 cm³/mol. The van der Waals surface area contributed by atoms with Gasteiger partial charge in [0.1, 0.15) is 0 Å². The molecule has 2 aromatic carbocycles. The molecule has 1 unspecified atom stereocenters. The molecule has 26 heavy (non-hydrogen) atoms. The van der Waals surface area contributed by atoms with Gasteiger partial charge in [0.2, 0.25) is 0 Å². The Morgan fingerprint density at radius 3 is 2.08 bits per heavy atom. The van der Waals surface area contributed by atoms with Gasteiger partial charge in [-0.3, -0.25) is 12.2 Å². The summed E-state index contributed by atoms with van der Waals surface area (Å²) in [6.07, 6.45) is 6.93. The van der Waals surface area contributed by atoms with Gasteiger partial charge < -0.3 is 0 Å². The normalized spacial score (nSPS) is 20.0. The molecule has 0 radical (unpaired) electrons. The molecule has 0 saturated heterocycles. The first kappa shape index (κ1) is 21.1. The van der Waals surface area contributed by atoms with Crippen molar-refractivity contribution in [3.8, 4) is 0 Å². The van der Waals surface area contributed by atoms with Gasteiger partial charge in [0.05, 0.1) is 0 Å². The van der Waals surface area contributed by atoms with E-state index in [-0.39, 0.29) is 31.3 Å². The summed E-state index contributed by atoms with van der Waals surface area (Å²) in [6.45, 7) is 15.3. The van der Waals surface area contributed by atoms with E-state index < -0.39 is 0 Å². The van der Waals surface area contributed by atoms with E-state index in [0.29, 0.717) is 5.92 Å². The van der Waals surface area contributed by atoms with E-state index in [0.717, 1.165) is 0 Å². The number of hydrogen-bond donors (Lipinski definition) is 0. The predicted octanol–water partition coefficient (Wildman–Crippen LogP) is 7.27. The van der Waals surface area contributed by atoms with Crippen LogP contribution in [0.25, 0.3) is 16.3 Å². The minimum absolute atomic E-state index is 0. The van der Waals surface area contributed by atoms with Crippen LogP contribution in [0.5, 0.6) is 0 Å². The molecule has 0 bridgehead atoms. The van der Waals surface area contributed by atoms with E-state index in [1.54, 1.807) is 0 Å². The van der Waals surface area contributed by atoms with Gasteiger partial charge in [0.15, 0.2) is 0 Å². The van der Waals surface area contributed by atoms with Crippen molar-refractivity contribution in [2.24, 2.45) is 5.41 Å². The summed E-state index contributed by atoms with van der Waals surface area (Å²) < 4.78 is 0. The Kier molecular flexibility index (Phi) is 6.33. The molecule has 1 heteroatoms. The van der Waals surface area contributed by atoms with Gasteiger partial charge in [-0.1, -0.05) is 83.2 Å². The van der Waals surface area contributed by atoms with Crippen molar-refractivity contribution >= 4 is 16.3 Å². The van der Waals surface area contributed by atoms with Crippen molar-refractivity contribution < 1.29 is 25.8 Å². The summed E-state index contributed by atoms with van der Waals surface area (Å²) in [4.78, 5) is 0. The fraction of sp³-hybridized carbons (Fsp3) is 0.360. The van der Waals surface area contributed by atoms with Crippen LogP contribution in [0.15, 0.2) is 53.1 Å². The van der Waals surface area contributed by atoms with Crippen molar-refractivity contribution in [3.05, 3.63) is 76.4 Å². The standard InChI is InChI=1S/C15H13.C10H15.Hf/c1-10-9-11(2)15-13(10)8-7-12-5-3-4-6-14(12)15;1-7-6-10(4,5)9(3)8(7)2;/h3-8,11H,1-2H3;1-5H3;/q2*-1;. The molecular weight excluding hydrogens is 479 g/mol. The smallest absolute Gasteiger partial charge is 0 e. The summed E-state index contributed by atoms with van der Waals surface area (Å²) in [5.74, 6) is 0.436. The molecule has 0 spiro atoms. The molecule has 0 nitrogen and oxygen atoms in total. The Morgan fingerprint density at radius 1 is 0.885 bits per heavy atom. The van der Waals surface area contributed by atoms with Gasteiger partial charge >= 0.3 is 0 Å². The molecule has 2 aliphatic carbocycles. The largest absolute Gasteiger partial charge is 0.266 e. The van der Waals surface area contributed by atoms with Crippen LogP contribution in [-0.2, 0) is 25.8 Å². The Labute approximate surface area is 177 Å². The Hall–Kier alpha value is -1.21. The molecule has 0 fully saturated rings. The zero-order valence-corrected chi connectivity index (χ0v) is 20.6. The van der Waals surface area contributed by atoms with Crippen LogP contribution in [0.3, 0.4) is 0 Å². The first-order chi connectivity index (χ1) is 11.7. The average molecular weight is 507 g/mol. The van der Waals surface area contributed by atoms with Crippen LogP contribution in [-0.4, -0.2) is 0 Å². The van der Waals surface area contributed by atoms with Gasteiger partial charge in [-0.05, 0) is 10.8 Å². The third kappa shape index (κ3) is 3.74. The van der Waals surface area contributed by atoms with Crippen LogP contribution < -0.4 is 0 Å². The zero-order valence-electron chi connectivity index (χ0n) is 17.0. The topological polar surface area (TPSA) is 0 Å². The van der Waals surface area contributed by atoms with E-state index >= 15 is 0 Å².